The molecule has 3 amide bonds. The Morgan fingerprint density at radius 1 is 1.24 bits per heavy atom. The monoisotopic (exact) mass is 454 g/mol. The summed E-state index contributed by atoms with van der Waals surface area (Å²) in [5.41, 5.74) is 2.20. The molecule has 0 atom stereocenters. The third kappa shape index (κ3) is 7.41. The van der Waals surface area contributed by atoms with E-state index < -0.39 is 6.03 Å². The van der Waals surface area contributed by atoms with Crippen LogP contribution < -0.4 is 15.4 Å². The smallest absolute Gasteiger partial charge is 0.326 e. The Hall–Kier alpha value is -3.75. The van der Waals surface area contributed by atoms with Gasteiger partial charge in [-0.15, -0.1) is 0 Å². The third-order valence-electron chi connectivity index (χ3n) is 5.32. The van der Waals surface area contributed by atoms with Crippen LogP contribution in [0.25, 0.3) is 11.3 Å². The van der Waals surface area contributed by atoms with Crippen LogP contribution in [0.15, 0.2) is 42.9 Å². The highest BCUT2D eigenvalue weighted by Gasteiger charge is 2.09. The van der Waals surface area contributed by atoms with Gasteiger partial charge in [0.15, 0.2) is 0 Å². The van der Waals surface area contributed by atoms with Gasteiger partial charge in [0, 0.05) is 33.9 Å². The van der Waals surface area contributed by atoms with Crippen LogP contribution in [0.5, 0.6) is 11.5 Å². The van der Waals surface area contributed by atoms with E-state index in [2.05, 4.69) is 27.3 Å². The second-order valence-electron chi connectivity index (χ2n) is 8.12. The molecule has 0 aliphatic heterocycles. The number of imide groups is 1. The van der Waals surface area contributed by atoms with Crippen LogP contribution in [-0.4, -0.2) is 32.2 Å². The Morgan fingerprint density at radius 3 is 2.64 bits per heavy atom. The van der Waals surface area contributed by atoms with E-state index in [1.54, 1.807) is 48.3 Å². The van der Waals surface area contributed by atoms with Gasteiger partial charge >= 0.3 is 6.03 Å². The molecule has 9 heteroatoms. The minimum atomic E-state index is -0.657. The Kier molecular flexibility index (Phi) is 8.51. The maximum Gasteiger partial charge on any atom is 0.326 e. The van der Waals surface area contributed by atoms with Gasteiger partial charge in [-0.05, 0) is 31.0 Å². The molecule has 3 aromatic rings. The first-order chi connectivity index (χ1) is 15.9. The lowest BCUT2D eigenvalue weighted by atomic mass is 9.91. The fourth-order valence-corrected chi connectivity index (χ4v) is 3.55. The van der Waals surface area contributed by atoms with Crippen molar-refractivity contribution in [3.8, 4) is 22.8 Å². The number of carbonyl (C=O) groups is 2. The number of ether oxygens (including phenoxy) is 1. The summed E-state index contributed by atoms with van der Waals surface area (Å²) in [6.45, 7) is 4.11. The van der Waals surface area contributed by atoms with Crippen molar-refractivity contribution in [2.24, 2.45) is 13.0 Å². The highest BCUT2D eigenvalue weighted by molar-refractivity contribution is 5.94. The van der Waals surface area contributed by atoms with Crippen LogP contribution in [0.4, 0.5) is 10.6 Å². The summed E-state index contributed by atoms with van der Waals surface area (Å²) >= 11 is 0. The topological polar surface area (TPSA) is 111 Å². The van der Waals surface area contributed by atoms with Gasteiger partial charge in [0.1, 0.15) is 17.3 Å². The molecule has 1 aliphatic carbocycles. The first-order valence-corrected chi connectivity index (χ1v) is 11.1. The summed E-state index contributed by atoms with van der Waals surface area (Å²) in [7, 11) is 1.84. The molecule has 178 valence electrons. The van der Waals surface area contributed by atoms with Gasteiger partial charge in [0.2, 0.25) is 6.41 Å². The first-order valence-electron chi connectivity index (χ1n) is 11.1. The molecular weight excluding hydrogens is 420 g/mol. The molecule has 0 bridgehead atoms. The van der Waals surface area contributed by atoms with Gasteiger partial charge < -0.3 is 4.74 Å². The lowest BCUT2D eigenvalue weighted by molar-refractivity contribution is -0.108. The van der Waals surface area contributed by atoms with Gasteiger partial charge in [-0.25, -0.2) is 9.78 Å². The summed E-state index contributed by atoms with van der Waals surface area (Å²) in [6.07, 6.45) is 13.0. The van der Waals surface area contributed by atoms with Crippen LogP contribution in [0.2, 0.25) is 0 Å². The average molecular weight is 455 g/mol. The molecule has 2 N–H and O–H groups in total. The molecule has 0 unspecified atom stereocenters. The lowest BCUT2D eigenvalue weighted by Gasteiger charge is -2.15. The number of anilines is 1. The van der Waals surface area contributed by atoms with Gasteiger partial charge in [-0.3, -0.25) is 25.1 Å². The van der Waals surface area contributed by atoms with Gasteiger partial charge in [-0.1, -0.05) is 39.0 Å². The van der Waals surface area contributed by atoms with E-state index in [-0.39, 0.29) is 2.85 Å². The Bertz CT molecular complexity index is 1090. The summed E-state index contributed by atoms with van der Waals surface area (Å²) in [5, 5.41) is 8.55. The van der Waals surface area contributed by atoms with E-state index in [0.29, 0.717) is 29.4 Å². The largest absolute Gasteiger partial charge is 0.455 e. The number of amides is 3. The Labute approximate surface area is 196 Å². The quantitative estimate of drug-likeness (QED) is 0.504. The van der Waals surface area contributed by atoms with Crippen molar-refractivity contribution >= 4 is 18.3 Å². The molecule has 33 heavy (non-hydrogen) atoms. The van der Waals surface area contributed by atoms with E-state index in [0.717, 1.165) is 17.2 Å². The van der Waals surface area contributed by atoms with E-state index in [1.165, 1.54) is 32.1 Å². The van der Waals surface area contributed by atoms with E-state index in [4.69, 9.17) is 4.74 Å². The summed E-state index contributed by atoms with van der Waals surface area (Å²) in [4.78, 5) is 30.1. The zero-order valence-corrected chi connectivity index (χ0v) is 19.2. The molecule has 0 saturated heterocycles. The SMILES string of the molecule is CC1CCCCC1.Cc1nc(NC(=O)NC=O)ccc1Oc1ccnc(-c2cnn(C)c2)c1.[HH].[HH]. The zero-order chi connectivity index (χ0) is 23.6. The normalized spacial score (nSPS) is 13.4. The van der Waals surface area contributed by atoms with Crippen molar-refractivity contribution in [3.63, 3.8) is 0 Å². The van der Waals surface area contributed by atoms with Crippen molar-refractivity contribution < 1.29 is 17.2 Å². The maximum atomic E-state index is 11.3. The molecule has 1 fully saturated rings. The van der Waals surface area contributed by atoms with Crippen LogP contribution in [-0.2, 0) is 11.8 Å². The first kappa shape index (κ1) is 23.9. The number of nitrogens with zero attached hydrogens (tertiary/aromatic N) is 4. The number of rotatable bonds is 5. The molecule has 1 saturated carbocycles. The third-order valence-corrected chi connectivity index (χ3v) is 5.32. The number of nitrogens with one attached hydrogen (secondary N) is 2. The Morgan fingerprint density at radius 2 is 2.03 bits per heavy atom. The summed E-state index contributed by atoms with van der Waals surface area (Å²) in [5.74, 6) is 2.48. The van der Waals surface area contributed by atoms with Gasteiger partial charge in [0.05, 0.1) is 17.6 Å². The second-order valence-corrected chi connectivity index (χ2v) is 8.12. The number of carbonyl (C=O) groups excluding carboxylic acids is 2. The number of hydrogen-bond acceptors (Lipinski definition) is 6. The number of hydrogen-bond donors (Lipinski definition) is 2. The van der Waals surface area contributed by atoms with Crippen LogP contribution in [0, 0.1) is 12.8 Å². The molecule has 3 heterocycles. The average Bonchev–Trinajstić information content (AvgIpc) is 3.23. The lowest BCUT2D eigenvalue weighted by Crippen LogP contribution is -2.27. The standard InChI is InChI=1S/C17H16N6O3.C7H14.2H2/c1-11-15(3-4-16(21-11)22-17(25)19-10-24)26-13-5-6-18-14(7-13)12-8-20-23(2)9-12;1-7-5-3-2-4-6-7;;/h3-10H,1-2H3,(H2,19,21,22,24,25);7H,2-6H2,1H3;2*1H. The van der Waals surface area contributed by atoms with E-state index >= 15 is 0 Å². The van der Waals surface area contributed by atoms with Crippen molar-refractivity contribution in [3.05, 3.63) is 48.5 Å². The van der Waals surface area contributed by atoms with Crippen molar-refractivity contribution in [1.82, 2.24) is 25.1 Å². The maximum absolute atomic E-state index is 11.3. The zero-order valence-electron chi connectivity index (χ0n) is 19.2. The van der Waals surface area contributed by atoms with Crippen LogP contribution in [0.3, 0.4) is 0 Å². The predicted molar refractivity (Wildman–Crippen MR) is 130 cm³/mol. The van der Waals surface area contributed by atoms with Crippen molar-refractivity contribution in [1.29, 1.82) is 0 Å². The van der Waals surface area contributed by atoms with Crippen LogP contribution >= 0.6 is 0 Å². The number of urea groups is 1. The molecule has 1 aliphatic rings. The van der Waals surface area contributed by atoms with Crippen LogP contribution in [0.1, 0.15) is 47.6 Å². The van der Waals surface area contributed by atoms with Crippen molar-refractivity contribution in [2.45, 2.75) is 46.0 Å². The molecule has 3 aromatic heterocycles. The number of pyridine rings is 2. The fourth-order valence-electron chi connectivity index (χ4n) is 3.55. The molecule has 9 nitrogen and oxygen atoms in total. The van der Waals surface area contributed by atoms with E-state index in [1.807, 2.05) is 18.6 Å². The Balaban J connectivity index is 0.000000588. The molecule has 0 spiro atoms. The molecule has 0 radical (unpaired) electrons. The highest BCUT2D eigenvalue weighted by atomic mass is 16.5. The van der Waals surface area contributed by atoms with Gasteiger partial charge in [-0.2, -0.15) is 5.10 Å². The summed E-state index contributed by atoms with van der Waals surface area (Å²) < 4.78 is 7.57. The molecule has 4 rings (SSSR count). The minimum absolute atomic E-state index is 0. The fraction of sp³-hybridized carbons (Fsp3) is 0.375. The minimum Gasteiger partial charge on any atom is -0.455 e. The predicted octanol–water partition coefficient (Wildman–Crippen LogP) is 5.33. The highest BCUT2D eigenvalue weighted by Crippen LogP contribution is 2.28. The number of aromatic nitrogens is 4. The van der Waals surface area contributed by atoms with Crippen molar-refractivity contribution in [2.75, 3.05) is 5.32 Å². The molecular formula is C24H34N6O3. The second kappa shape index (κ2) is 11.8. The van der Waals surface area contributed by atoms with E-state index in [9.17, 15) is 9.59 Å². The van der Waals surface area contributed by atoms with Gasteiger partial charge in [0.25, 0.3) is 0 Å². The summed E-state index contributed by atoms with van der Waals surface area (Å²) in [6, 6.07) is 6.15. The number of aryl methyl sites for hydroxylation is 2. The molecule has 0 aromatic carbocycles.